The van der Waals surface area contributed by atoms with Crippen LogP contribution in [0.2, 0.25) is 0 Å². The molecule has 0 aliphatic carbocycles. The summed E-state index contributed by atoms with van der Waals surface area (Å²) in [4.78, 5) is 18.8. The molecule has 0 unspecified atom stereocenters. The second-order valence-electron chi connectivity index (χ2n) is 5.70. The summed E-state index contributed by atoms with van der Waals surface area (Å²) in [5, 5.41) is 5.80. The average Bonchev–Trinajstić information content (AvgIpc) is 3.02. The van der Waals surface area contributed by atoms with Crippen molar-refractivity contribution in [3.8, 4) is 0 Å². The van der Waals surface area contributed by atoms with Gasteiger partial charge in [-0.05, 0) is 17.7 Å². The zero-order valence-corrected chi connectivity index (χ0v) is 14.2. The van der Waals surface area contributed by atoms with Crippen molar-refractivity contribution < 1.29 is 13.9 Å². The number of nitrogens with one attached hydrogen (secondary N) is 1. The number of hydrogen-bond acceptors (Lipinski definition) is 5. The van der Waals surface area contributed by atoms with E-state index in [0.717, 1.165) is 49.1 Å². The lowest BCUT2D eigenvalue weighted by molar-refractivity contribution is -0.120. The lowest BCUT2D eigenvalue weighted by atomic mass is 10.2. The average molecular weight is 349 g/mol. The quantitative estimate of drug-likeness (QED) is 0.866. The van der Waals surface area contributed by atoms with Crippen LogP contribution in [0.15, 0.2) is 29.6 Å². The van der Waals surface area contributed by atoms with E-state index >= 15 is 0 Å². The van der Waals surface area contributed by atoms with Crippen LogP contribution >= 0.6 is 11.3 Å². The number of halogens is 1. The van der Waals surface area contributed by atoms with Crippen molar-refractivity contribution in [2.24, 2.45) is 0 Å². The molecule has 24 heavy (non-hydrogen) atoms. The summed E-state index contributed by atoms with van der Waals surface area (Å²) in [5.41, 5.74) is 1.66. The standard InChI is InChI=1S/C17H20FN3O2S/c18-14-3-1-13(2-4-14)10-19-16(22)9-15-12-24-17(20-15)11-21-5-7-23-8-6-21/h1-4,12H,5-11H2,(H,19,22). The molecule has 1 fully saturated rings. The molecule has 0 saturated carbocycles. The molecule has 1 saturated heterocycles. The number of thiazole rings is 1. The number of rotatable bonds is 6. The molecule has 7 heteroatoms. The Kier molecular flexibility index (Phi) is 5.90. The molecule has 128 valence electrons. The summed E-state index contributed by atoms with van der Waals surface area (Å²) in [6.45, 7) is 4.59. The third-order valence-corrected chi connectivity index (χ3v) is 4.69. The molecule has 0 spiro atoms. The fraction of sp³-hybridized carbons (Fsp3) is 0.412. The van der Waals surface area contributed by atoms with E-state index in [1.807, 2.05) is 5.38 Å². The molecule has 1 aromatic carbocycles. The minimum atomic E-state index is -0.277. The maximum absolute atomic E-state index is 12.8. The molecule has 3 rings (SSSR count). The first-order valence-corrected chi connectivity index (χ1v) is 8.81. The van der Waals surface area contributed by atoms with Crippen LogP contribution in [0.4, 0.5) is 4.39 Å². The largest absolute Gasteiger partial charge is 0.379 e. The number of nitrogens with zero attached hydrogens (tertiary/aromatic N) is 2. The highest BCUT2D eigenvalue weighted by Gasteiger charge is 2.13. The van der Waals surface area contributed by atoms with Crippen LogP contribution in [0.5, 0.6) is 0 Å². The Morgan fingerprint density at radius 1 is 1.29 bits per heavy atom. The summed E-state index contributed by atoms with van der Waals surface area (Å²) in [7, 11) is 0. The van der Waals surface area contributed by atoms with Gasteiger partial charge in [-0.2, -0.15) is 0 Å². The molecule has 5 nitrogen and oxygen atoms in total. The Bertz CT molecular complexity index is 669. The van der Waals surface area contributed by atoms with Gasteiger partial charge < -0.3 is 10.1 Å². The molecule has 2 heterocycles. The molecule has 1 aliphatic rings. The third-order valence-electron chi connectivity index (χ3n) is 3.81. The lowest BCUT2D eigenvalue weighted by Crippen LogP contribution is -2.35. The molecule has 2 aromatic rings. The number of carbonyl (C=O) groups is 1. The second kappa shape index (κ2) is 8.32. The van der Waals surface area contributed by atoms with Gasteiger partial charge in [-0.15, -0.1) is 11.3 Å². The van der Waals surface area contributed by atoms with Gasteiger partial charge in [0.05, 0.1) is 31.9 Å². The number of carbonyl (C=O) groups excluding carboxylic acids is 1. The van der Waals surface area contributed by atoms with Gasteiger partial charge >= 0.3 is 0 Å². The van der Waals surface area contributed by atoms with Gasteiger partial charge in [0.15, 0.2) is 0 Å². The molecule has 1 N–H and O–H groups in total. The van der Waals surface area contributed by atoms with Crippen molar-refractivity contribution in [1.29, 1.82) is 0 Å². The summed E-state index contributed by atoms with van der Waals surface area (Å²) >= 11 is 1.59. The number of benzene rings is 1. The minimum Gasteiger partial charge on any atom is -0.379 e. The monoisotopic (exact) mass is 349 g/mol. The molecule has 0 radical (unpaired) electrons. The van der Waals surface area contributed by atoms with Crippen molar-refractivity contribution in [3.05, 3.63) is 51.7 Å². The van der Waals surface area contributed by atoms with Crippen molar-refractivity contribution in [3.63, 3.8) is 0 Å². The predicted molar refractivity (Wildman–Crippen MR) is 90.2 cm³/mol. The first kappa shape index (κ1) is 17.0. The van der Waals surface area contributed by atoms with Crippen molar-refractivity contribution in [1.82, 2.24) is 15.2 Å². The van der Waals surface area contributed by atoms with Crippen LogP contribution in [-0.2, 0) is 29.0 Å². The second-order valence-corrected chi connectivity index (χ2v) is 6.64. The fourth-order valence-corrected chi connectivity index (χ4v) is 3.32. The molecule has 1 aromatic heterocycles. The Morgan fingerprint density at radius 2 is 2.04 bits per heavy atom. The molecule has 0 bridgehead atoms. The first-order valence-electron chi connectivity index (χ1n) is 7.93. The van der Waals surface area contributed by atoms with E-state index in [1.165, 1.54) is 12.1 Å². The van der Waals surface area contributed by atoms with Gasteiger partial charge in [0.25, 0.3) is 0 Å². The molecule has 0 atom stereocenters. The summed E-state index contributed by atoms with van der Waals surface area (Å²) in [5.74, 6) is -0.358. The molecular formula is C17H20FN3O2S. The summed E-state index contributed by atoms with van der Waals surface area (Å²) in [6.07, 6.45) is 0.265. The van der Waals surface area contributed by atoms with E-state index in [9.17, 15) is 9.18 Å². The normalized spacial score (nSPS) is 15.4. The van der Waals surface area contributed by atoms with Gasteiger partial charge in [-0.1, -0.05) is 12.1 Å². The van der Waals surface area contributed by atoms with Gasteiger partial charge in [0.2, 0.25) is 5.91 Å². The number of ether oxygens (including phenoxy) is 1. The van der Waals surface area contributed by atoms with Crippen molar-refractivity contribution >= 4 is 17.2 Å². The van der Waals surface area contributed by atoms with Crippen molar-refractivity contribution in [2.75, 3.05) is 26.3 Å². The maximum Gasteiger partial charge on any atom is 0.226 e. The number of morpholine rings is 1. The van der Waals surface area contributed by atoms with E-state index in [-0.39, 0.29) is 18.1 Å². The highest BCUT2D eigenvalue weighted by molar-refractivity contribution is 7.09. The Hall–Kier alpha value is -1.83. The minimum absolute atomic E-state index is 0.0810. The number of amides is 1. The highest BCUT2D eigenvalue weighted by Crippen LogP contribution is 2.14. The number of aromatic nitrogens is 1. The van der Waals surface area contributed by atoms with Crippen LogP contribution in [0.3, 0.4) is 0 Å². The Labute approximate surface area is 144 Å². The summed E-state index contributed by atoms with van der Waals surface area (Å²) < 4.78 is 18.2. The van der Waals surface area contributed by atoms with E-state index < -0.39 is 0 Å². The topological polar surface area (TPSA) is 54.5 Å². The van der Waals surface area contributed by atoms with Crippen LogP contribution in [0.1, 0.15) is 16.3 Å². The van der Waals surface area contributed by atoms with Crippen molar-refractivity contribution in [2.45, 2.75) is 19.5 Å². The molecule has 1 amide bonds. The summed E-state index contributed by atoms with van der Waals surface area (Å²) in [6, 6.07) is 6.11. The van der Waals surface area contributed by atoms with Gasteiger partial charge in [0.1, 0.15) is 10.8 Å². The van der Waals surface area contributed by atoms with Crippen LogP contribution < -0.4 is 5.32 Å². The van der Waals surface area contributed by atoms with Gasteiger partial charge in [-0.25, -0.2) is 9.37 Å². The molecular weight excluding hydrogens is 329 g/mol. The third kappa shape index (κ3) is 5.09. The zero-order valence-electron chi connectivity index (χ0n) is 13.3. The van der Waals surface area contributed by atoms with E-state index in [1.54, 1.807) is 23.5 Å². The van der Waals surface area contributed by atoms with Crippen LogP contribution in [-0.4, -0.2) is 42.1 Å². The van der Waals surface area contributed by atoms with Crippen LogP contribution in [0, 0.1) is 5.82 Å². The zero-order chi connectivity index (χ0) is 16.8. The van der Waals surface area contributed by atoms with E-state index in [4.69, 9.17) is 4.74 Å². The highest BCUT2D eigenvalue weighted by atomic mass is 32.1. The van der Waals surface area contributed by atoms with Crippen LogP contribution in [0.25, 0.3) is 0 Å². The Morgan fingerprint density at radius 3 is 2.79 bits per heavy atom. The molecule has 1 aliphatic heterocycles. The number of hydrogen-bond donors (Lipinski definition) is 1. The predicted octanol–water partition coefficient (Wildman–Crippen LogP) is 1.97. The smallest absolute Gasteiger partial charge is 0.226 e. The van der Waals surface area contributed by atoms with E-state index in [2.05, 4.69) is 15.2 Å². The lowest BCUT2D eigenvalue weighted by Gasteiger charge is -2.25. The first-order chi connectivity index (χ1) is 11.7. The maximum atomic E-state index is 12.8. The van der Waals surface area contributed by atoms with Gasteiger partial charge in [-0.3, -0.25) is 9.69 Å². The fourth-order valence-electron chi connectivity index (χ4n) is 2.48. The van der Waals surface area contributed by atoms with E-state index in [0.29, 0.717) is 6.54 Å². The van der Waals surface area contributed by atoms with Gasteiger partial charge in [0, 0.05) is 25.0 Å². The SMILES string of the molecule is O=C(Cc1csc(CN2CCOCC2)n1)NCc1ccc(F)cc1. The Balaban J connectivity index is 1.45.